The van der Waals surface area contributed by atoms with Gasteiger partial charge in [0.1, 0.15) is 11.7 Å². The normalized spacial score (nSPS) is 19.8. The molecule has 0 aromatic heterocycles. The molecule has 0 bridgehead atoms. The van der Waals surface area contributed by atoms with Gasteiger partial charge in [-0.25, -0.2) is 0 Å². The van der Waals surface area contributed by atoms with Crippen LogP contribution in [-0.4, -0.2) is 103 Å². The van der Waals surface area contributed by atoms with E-state index in [-0.39, 0.29) is 55.0 Å². The zero-order valence-electron chi connectivity index (χ0n) is 31.4. The van der Waals surface area contributed by atoms with Gasteiger partial charge >= 0.3 is 0 Å². The van der Waals surface area contributed by atoms with E-state index in [0.29, 0.717) is 52.2 Å². The highest BCUT2D eigenvalue weighted by Gasteiger charge is 2.50. The number of amides is 2. The molecule has 0 aliphatic carbocycles. The first kappa shape index (κ1) is 41.0. The van der Waals surface area contributed by atoms with E-state index < -0.39 is 41.7 Å². The van der Waals surface area contributed by atoms with Crippen molar-refractivity contribution in [2.45, 2.75) is 103 Å². The maximum atomic E-state index is 14.0. The summed E-state index contributed by atoms with van der Waals surface area (Å²) in [6.07, 6.45) is -0.330. The Balaban J connectivity index is 1.51. The predicted octanol–water partition coefficient (Wildman–Crippen LogP) is 3.90. The molecule has 11 heteroatoms. The molecule has 0 saturated carbocycles. The summed E-state index contributed by atoms with van der Waals surface area (Å²) in [7, 11) is 0. The molecule has 4 rings (SSSR count). The smallest absolute Gasteiger partial charge is 0.250 e. The fourth-order valence-electron chi connectivity index (χ4n) is 6.61. The number of ether oxygens (including phenoxy) is 3. The quantitative estimate of drug-likeness (QED) is 0.173. The molecule has 2 aliphatic heterocycles. The molecule has 2 aromatic rings. The first-order chi connectivity index (χ1) is 24.8. The molecule has 2 aliphatic rings. The number of epoxide rings is 1. The molecular weight excluding hydrogens is 662 g/mol. The number of nitrogens with zero attached hydrogens (tertiary/aromatic N) is 1. The summed E-state index contributed by atoms with van der Waals surface area (Å²) in [5, 5.41) is 5.84. The molecule has 11 nitrogen and oxygen atoms in total. The van der Waals surface area contributed by atoms with Crippen molar-refractivity contribution in [2.75, 3.05) is 39.5 Å². The average molecular weight is 720 g/mol. The van der Waals surface area contributed by atoms with Crippen LogP contribution in [0.3, 0.4) is 0 Å². The summed E-state index contributed by atoms with van der Waals surface area (Å²) in [5.41, 5.74) is 0.990. The van der Waals surface area contributed by atoms with E-state index >= 15 is 0 Å². The number of hydrogen-bond donors (Lipinski definition) is 2. The Morgan fingerprint density at radius 3 is 2.00 bits per heavy atom. The Morgan fingerprint density at radius 1 is 0.827 bits per heavy atom. The van der Waals surface area contributed by atoms with Gasteiger partial charge in [0.25, 0.3) is 0 Å². The number of ketones is 3. The van der Waals surface area contributed by atoms with Crippen molar-refractivity contribution in [3.05, 3.63) is 71.8 Å². The second-order valence-electron chi connectivity index (χ2n) is 15.0. The van der Waals surface area contributed by atoms with Gasteiger partial charge < -0.3 is 24.8 Å². The minimum absolute atomic E-state index is 0.0425. The number of rotatable bonds is 22. The first-order valence-electron chi connectivity index (χ1n) is 18.7. The maximum Gasteiger partial charge on any atom is 0.250 e. The van der Waals surface area contributed by atoms with Crippen molar-refractivity contribution in [1.82, 2.24) is 15.5 Å². The van der Waals surface area contributed by atoms with E-state index in [1.165, 1.54) is 0 Å². The van der Waals surface area contributed by atoms with Crippen LogP contribution in [-0.2, 0) is 51.0 Å². The molecule has 1 unspecified atom stereocenters. The number of carbonyl (C=O) groups is 5. The van der Waals surface area contributed by atoms with E-state index in [1.807, 2.05) is 79.4 Å². The molecule has 2 amide bonds. The van der Waals surface area contributed by atoms with Crippen LogP contribution in [0.15, 0.2) is 60.7 Å². The summed E-state index contributed by atoms with van der Waals surface area (Å²) in [4.78, 5) is 70.6. The molecule has 2 heterocycles. The molecular formula is C41H57N3O8. The van der Waals surface area contributed by atoms with Gasteiger partial charge in [-0.1, -0.05) is 74.5 Å². The molecule has 284 valence electrons. The highest BCUT2D eigenvalue weighted by molar-refractivity contribution is 5.98. The van der Waals surface area contributed by atoms with Crippen LogP contribution < -0.4 is 10.6 Å². The molecule has 0 spiro atoms. The SMILES string of the molecule is CC(C)C[C@H](CC(=O)[C@H](Cc1ccccc1)NC(=O)[C@@H](CC(=O)[C@H](CCc1ccccc1)NC(=O)CN1CCOCC1)OC(C)C)C(=O)C1(C)CO1. The van der Waals surface area contributed by atoms with Gasteiger partial charge in [0.05, 0.1) is 44.6 Å². The van der Waals surface area contributed by atoms with Crippen molar-refractivity contribution < 1.29 is 38.2 Å². The Bertz CT molecular complexity index is 1470. The lowest BCUT2D eigenvalue weighted by Crippen LogP contribution is -2.51. The Kier molecular flexibility index (Phi) is 15.7. The van der Waals surface area contributed by atoms with Crippen molar-refractivity contribution in [3.63, 3.8) is 0 Å². The van der Waals surface area contributed by atoms with Crippen LogP contribution in [0.1, 0.15) is 71.4 Å². The number of aryl methyl sites for hydroxylation is 1. The van der Waals surface area contributed by atoms with E-state index in [2.05, 4.69) is 10.6 Å². The topological polar surface area (TPSA) is 144 Å². The maximum absolute atomic E-state index is 14.0. The number of hydrogen-bond acceptors (Lipinski definition) is 9. The number of Topliss-reactive ketones (excluding diaryl/α,β-unsaturated/α-hetero) is 3. The lowest BCUT2D eigenvalue weighted by Gasteiger charge is -2.28. The minimum atomic E-state index is -1.21. The summed E-state index contributed by atoms with van der Waals surface area (Å²) in [6.45, 7) is 12.1. The fraction of sp³-hybridized carbons (Fsp3) is 0.585. The Morgan fingerprint density at radius 2 is 1.42 bits per heavy atom. The largest absolute Gasteiger partial charge is 0.379 e. The number of carbonyl (C=O) groups excluding carboxylic acids is 5. The molecule has 5 atom stereocenters. The standard InChI is InChI=1S/C41H57N3O8/c1-28(2)22-32(39(48)41(5)27-51-41)24-35(45)34(23-31-14-10-7-11-15-31)43-40(49)37(52-29(3)4)25-36(46)33(17-16-30-12-8-6-9-13-30)42-38(47)26-44-18-20-50-21-19-44/h6-15,28-29,32-34,37H,16-27H2,1-5H3,(H,42,47)(H,43,49)/t32-,33+,34+,37-,41?/m1/s1. The lowest BCUT2D eigenvalue weighted by atomic mass is 9.82. The fourth-order valence-corrected chi connectivity index (χ4v) is 6.61. The zero-order chi connectivity index (χ0) is 37.7. The second-order valence-corrected chi connectivity index (χ2v) is 15.0. The second kappa shape index (κ2) is 19.9. The van der Waals surface area contributed by atoms with E-state index in [0.717, 1.165) is 11.1 Å². The summed E-state index contributed by atoms with van der Waals surface area (Å²) >= 11 is 0. The molecule has 2 fully saturated rings. The van der Waals surface area contributed by atoms with Gasteiger partial charge in [-0.2, -0.15) is 0 Å². The summed E-state index contributed by atoms with van der Waals surface area (Å²) < 4.78 is 16.9. The average Bonchev–Trinajstić information content (AvgIpc) is 3.87. The summed E-state index contributed by atoms with van der Waals surface area (Å²) in [5.74, 6) is -1.95. The minimum Gasteiger partial charge on any atom is -0.379 e. The van der Waals surface area contributed by atoms with Gasteiger partial charge in [0, 0.05) is 31.8 Å². The van der Waals surface area contributed by atoms with Crippen LogP contribution in [0.2, 0.25) is 0 Å². The molecule has 2 saturated heterocycles. The van der Waals surface area contributed by atoms with Gasteiger partial charge in [0.15, 0.2) is 17.3 Å². The van der Waals surface area contributed by atoms with Gasteiger partial charge in [-0.05, 0) is 63.5 Å². The molecule has 2 aromatic carbocycles. The number of morpholine rings is 1. The van der Waals surface area contributed by atoms with Crippen molar-refractivity contribution >= 4 is 29.2 Å². The van der Waals surface area contributed by atoms with Crippen molar-refractivity contribution in [3.8, 4) is 0 Å². The van der Waals surface area contributed by atoms with Crippen LogP contribution in [0.25, 0.3) is 0 Å². The lowest BCUT2D eigenvalue weighted by molar-refractivity contribution is -0.143. The Hall–Kier alpha value is -3.77. The van der Waals surface area contributed by atoms with E-state index in [1.54, 1.807) is 20.8 Å². The van der Waals surface area contributed by atoms with E-state index in [9.17, 15) is 24.0 Å². The third kappa shape index (κ3) is 13.3. The monoisotopic (exact) mass is 719 g/mol. The predicted molar refractivity (Wildman–Crippen MR) is 198 cm³/mol. The highest BCUT2D eigenvalue weighted by Crippen LogP contribution is 2.34. The van der Waals surface area contributed by atoms with Crippen LogP contribution >= 0.6 is 0 Å². The van der Waals surface area contributed by atoms with Crippen molar-refractivity contribution in [1.29, 1.82) is 0 Å². The molecule has 52 heavy (non-hydrogen) atoms. The van der Waals surface area contributed by atoms with E-state index in [4.69, 9.17) is 14.2 Å². The molecule has 0 radical (unpaired) electrons. The third-order valence-corrected chi connectivity index (χ3v) is 9.54. The first-order valence-corrected chi connectivity index (χ1v) is 18.7. The summed E-state index contributed by atoms with van der Waals surface area (Å²) in [6, 6.07) is 17.3. The van der Waals surface area contributed by atoms with Gasteiger partial charge in [0.2, 0.25) is 11.8 Å². The molecule has 2 N–H and O–H groups in total. The van der Waals surface area contributed by atoms with Gasteiger partial charge in [-0.3, -0.25) is 28.9 Å². The van der Waals surface area contributed by atoms with Crippen molar-refractivity contribution in [2.24, 2.45) is 11.8 Å². The van der Waals surface area contributed by atoms with Gasteiger partial charge in [-0.15, -0.1) is 0 Å². The number of benzene rings is 2. The van der Waals surface area contributed by atoms with Crippen LogP contribution in [0, 0.1) is 11.8 Å². The highest BCUT2D eigenvalue weighted by atomic mass is 16.6. The van der Waals surface area contributed by atoms with Crippen LogP contribution in [0.4, 0.5) is 0 Å². The van der Waals surface area contributed by atoms with Crippen LogP contribution in [0.5, 0.6) is 0 Å². The Labute approximate surface area is 308 Å². The number of nitrogens with one attached hydrogen (secondary N) is 2. The zero-order valence-corrected chi connectivity index (χ0v) is 31.4. The third-order valence-electron chi connectivity index (χ3n) is 9.54.